The van der Waals surface area contributed by atoms with Crippen LogP contribution in [0.25, 0.3) is 0 Å². The van der Waals surface area contributed by atoms with Gasteiger partial charge in [-0.25, -0.2) is 0 Å². The zero-order chi connectivity index (χ0) is 27.8. The largest absolute Gasteiger partial charge is 0.490 e. The lowest BCUT2D eigenvalue weighted by atomic mass is 9.75. The Balaban J connectivity index is 1.35. The monoisotopic (exact) mass is 543 g/mol. The molecule has 0 radical (unpaired) electrons. The number of hydrogen-bond acceptors (Lipinski definition) is 6. The molecule has 9 nitrogen and oxygen atoms in total. The van der Waals surface area contributed by atoms with E-state index in [1.807, 2.05) is 60.0 Å². The van der Waals surface area contributed by atoms with Crippen LogP contribution in [-0.4, -0.2) is 78.4 Å². The third kappa shape index (κ3) is 4.39. The molecule has 3 aliphatic heterocycles. The topological polar surface area (TPSA) is 92.5 Å². The van der Waals surface area contributed by atoms with Crippen LogP contribution in [0.3, 0.4) is 0 Å². The van der Waals surface area contributed by atoms with Crippen molar-refractivity contribution in [2.75, 3.05) is 45.9 Å². The molecule has 1 saturated heterocycles. The SMILES string of the molecule is CCOc1cc2c(cc1OCC)[C@@H]1[C@@H](C(=O)N3CCN(C(=O)c4ccco4)CC3)c3ccccc3C(=O)N1CC2. The van der Waals surface area contributed by atoms with Crippen LogP contribution in [0.2, 0.25) is 0 Å². The Morgan fingerprint density at radius 1 is 0.875 bits per heavy atom. The summed E-state index contributed by atoms with van der Waals surface area (Å²) in [6, 6.07) is 14.3. The lowest BCUT2D eigenvalue weighted by Crippen LogP contribution is -2.55. The van der Waals surface area contributed by atoms with E-state index in [4.69, 9.17) is 13.9 Å². The number of rotatable bonds is 6. The van der Waals surface area contributed by atoms with Gasteiger partial charge in [0, 0.05) is 38.3 Å². The molecule has 0 aliphatic carbocycles. The number of amides is 3. The first-order valence-corrected chi connectivity index (χ1v) is 14.0. The Kier molecular flexibility index (Phi) is 6.96. The van der Waals surface area contributed by atoms with E-state index in [9.17, 15) is 14.4 Å². The normalized spacial score (nSPS) is 19.9. The summed E-state index contributed by atoms with van der Waals surface area (Å²) in [5.41, 5.74) is 3.30. The fraction of sp³-hybridized carbons (Fsp3) is 0.387. The van der Waals surface area contributed by atoms with Gasteiger partial charge in [0.2, 0.25) is 5.91 Å². The summed E-state index contributed by atoms with van der Waals surface area (Å²) < 4.78 is 17.1. The van der Waals surface area contributed by atoms with E-state index in [1.54, 1.807) is 17.0 Å². The zero-order valence-electron chi connectivity index (χ0n) is 22.8. The molecule has 2 aromatic carbocycles. The van der Waals surface area contributed by atoms with Gasteiger partial charge in [-0.15, -0.1) is 0 Å². The van der Waals surface area contributed by atoms with Gasteiger partial charge in [0.25, 0.3) is 11.8 Å². The van der Waals surface area contributed by atoms with Crippen LogP contribution in [-0.2, 0) is 11.2 Å². The number of carbonyl (C=O) groups excluding carboxylic acids is 3. The van der Waals surface area contributed by atoms with E-state index in [0.717, 1.165) is 16.7 Å². The van der Waals surface area contributed by atoms with Crippen molar-refractivity contribution < 1.29 is 28.3 Å². The lowest BCUT2D eigenvalue weighted by Gasteiger charge is -2.47. The van der Waals surface area contributed by atoms with Gasteiger partial charge < -0.3 is 28.6 Å². The third-order valence-corrected chi connectivity index (χ3v) is 8.06. The van der Waals surface area contributed by atoms with Gasteiger partial charge >= 0.3 is 0 Å². The number of carbonyl (C=O) groups is 3. The maximum Gasteiger partial charge on any atom is 0.289 e. The minimum absolute atomic E-state index is 0.0419. The zero-order valence-corrected chi connectivity index (χ0v) is 22.8. The van der Waals surface area contributed by atoms with Crippen LogP contribution in [0, 0.1) is 0 Å². The summed E-state index contributed by atoms with van der Waals surface area (Å²) in [7, 11) is 0. The first-order chi connectivity index (χ1) is 19.5. The fourth-order valence-electron chi connectivity index (χ4n) is 6.22. The van der Waals surface area contributed by atoms with Crippen LogP contribution >= 0.6 is 0 Å². The summed E-state index contributed by atoms with van der Waals surface area (Å²) >= 11 is 0. The predicted octanol–water partition coefficient (Wildman–Crippen LogP) is 3.90. The summed E-state index contributed by atoms with van der Waals surface area (Å²) in [4.78, 5) is 46.3. The summed E-state index contributed by atoms with van der Waals surface area (Å²) in [6.07, 6.45) is 2.15. The number of ether oxygens (including phenoxy) is 2. The second-order valence-electron chi connectivity index (χ2n) is 10.2. The van der Waals surface area contributed by atoms with Crippen molar-refractivity contribution in [3.63, 3.8) is 0 Å². The second-order valence-corrected chi connectivity index (χ2v) is 10.2. The van der Waals surface area contributed by atoms with Crippen LogP contribution < -0.4 is 9.47 Å². The number of piperazine rings is 1. The standard InChI is InChI=1S/C31H33N3O6/c1-3-38-25-18-20-11-12-34-28(23(20)19-26(25)39-4-2)27(21-8-5-6-9-22(21)29(34)35)31(37)33-15-13-32(14-16-33)30(36)24-10-7-17-40-24/h5-10,17-19,27-28H,3-4,11-16H2,1-2H3/t27-,28+/m0/s1. The van der Waals surface area contributed by atoms with Gasteiger partial charge in [-0.2, -0.15) is 0 Å². The lowest BCUT2D eigenvalue weighted by molar-refractivity contribution is -0.136. The van der Waals surface area contributed by atoms with Crippen LogP contribution in [0.1, 0.15) is 63.4 Å². The molecule has 1 aromatic heterocycles. The molecule has 3 aliphatic rings. The molecule has 0 spiro atoms. The molecule has 3 amide bonds. The third-order valence-electron chi connectivity index (χ3n) is 8.06. The predicted molar refractivity (Wildman–Crippen MR) is 147 cm³/mol. The van der Waals surface area contributed by atoms with E-state index in [-0.39, 0.29) is 17.7 Å². The maximum absolute atomic E-state index is 14.4. The van der Waals surface area contributed by atoms with Gasteiger partial charge in [-0.05, 0) is 67.3 Å². The van der Waals surface area contributed by atoms with Gasteiger partial charge in [0.15, 0.2) is 17.3 Å². The molecule has 0 unspecified atom stereocenters. The molecule has 40 heavy (non-hydrogen) atoms. The molecule has 0 bridgehead atoms. The highest BCUT2D eigenvalue weighted by molar-refractivity contribution is 6.01. The van der Waals surface area contributed by atoms with Gasteiger partial charge in [-0.1, -0.05) is 18.2 Å². The van der Waals surface area contributed by atoms with E-state index < -0.39 is 12.0 Å². The molecule has 3 aromatic rings. The van der Waals surface area contributed by atoms with Crippen molar-refractivity contribution in [1.29, 1.82) is 0 Å². The van der Waals surface area contributed by atoms with Gasteiger partial charge in [0.05, 0.1) is 31.4 Å². The maximum atomic E-state index is 14.4. The van der Waals surface area contributed by atoms with Crippen LogP contribution in [0.5, 0.6) is 11.5 Å². The van der Waals surface area contributed by atoms with Crippen LogP contribution in [0.15, 0.2) is 59.2 Å². The van der Waals surface area contributed by atoms with E-state index >= 15 is 0 Å². The van der Waals surface area contributed by atoms with Crippen LogP contribution in [0.4, 0.5) is 0 Å². The van der Waals surface area contributed by atoms with E-state index in [1.165, 1.54) is 6.26 Å². The second kappa shape index (κ2) is 10.7. The molecule has 6 rings (SSSR count). The molecule has 0 N–H and O–H groups in total. The number of furan rings is 1. The fourth-order valence-corrected chi connectivity index (χ4v) is 6.22. The number of fused-ring (bicyclic) bond motifs is 4. The molecule has 2 atom stereocenters. The van der Waals surface area contributed by atoms with Gasteiger partial charge in [-0.3, -0.25) is 14.4 Å². The average molecular weight is 544 g/mol. The highest BCUT2D eigenvalue weighted by Crippen LogP contribution is 2.49. The molecule has 0 saturated carbocycles. The Hall–Kier alpha value is -4.27. The Morgan fingerprint density at radius 2 is 1.57 bits per heavy atom. The molecule has 208 valence electrons. The smallest absolute Gasteiger partial charge is 0.289 e. The number of benzene rings is 2. The van der Waals surface area contributed by atoms with Crippen molar-refractivity contribution >= 4 is 17.7 Å². The van der Waals surface area contributed by atoms with Crippen molar-refractivity contribution in [2.24, 2.45) is 0 Å². The molecule has 4 heterocycles. The average Bonchev–Trinajstić information content (AvgIpc) is 3.53. The first kappa shape index (κ1) is 26.0. The highest BCUT2D eigenvalue weighted by atomic mass is 16.5. The van der Waals surface area contributed by atoms with Crippen molar-refractivity contribution in [3.8, 4) is 11.5 Å². The highest BCUT2D eigenvalue weighted by Gasteiger charge is 2.48. The molecular formula is C31H33N3O6. The van der Waals surface area contributed by atoms with Crippen molar-refractivity contribution in [3.05, 3.63) is 82.8 Å². The Bertz CT molecular complexity index is 1430. The summed E-state index contributed by atoms with van der Waals surface area (Å²) in [6.45, 7) is 6.99. The Labute approximate surface area is 233 Å². The number of nitrogens with zero attached hydrogens (tertiary/aromatic N) is 3. The Morgan fingerprint density at radius 3 is 2.27 bits per heavy atom. The van der Waals surface area contributed by atoms with Crippen molar-refractivity contribution in [2.45, 2.75) is 32.2 Å². The minimum atomic E-state index is -0.576. The van der Waals surface area contributed by atoms with E-state index in [2.05, 4.69) is 0 Å². The van der Waals surface area contributed by atoms with Gasteiger partial charge in [0.1, 0.15) is 0 Å². The molecular weight excluding hydrogens is 510 g/mol. The quantitative estimate of drug-likeness (QED) is 0.468. The van der Waals surface area contributed by atoms with E-state index in [0.29, 0.717) is 75.2 Å². The molecule has 9 heteroatoms. The molecule has 1 fully saturated rings. The first-order valence-electron chi connectivity index (χ1n) is 14.0. The summed E-state index contributed by atoms with van der Waals surface area (Å²) in [5.74, 6) is 0.743. The number of hydrogen-bond donors (Lipinski definition) is 0. The van der Waals surface area contributed by atoms with Crippen molar-refractivity contribution in [1.82, 2.24) is 14.7 Å². The summed E-state index contributed by atoms with van der Waals surface area (Å²) in [5, 5.41) is 0. The minimum Gasteiger partial charge on any atom is -0.490 e.